The zero-order valence-electron chi connectivity index (χ0n) is 11.0. The predicted octanol–water partition coefficient (Wildman–Crippen LogP) is 2.15. The van der Waals surface area contributed by atoms with E-state index in [9.17, 15) is 23.3 Å². The van der Waals surface area contributed by atoms with Crippen molar-refractivity contribution in [1.29, 1.82) is 10.7 Å². The lowest BCUT2D eigenvalue weighted by molar-refractivity contribution is -0.384. The van der Waals surface area contributed by atoms with Gasteiger partial charge in [-0.2, -0.15) is 23.5 Å². The Bertz CT molecular complexity index is 705. The summed E-state index contributed by atoms with van der Waals surface area (Å²) in [7, 11) is 0. The van der Waals surface area contributed by atoms with Crippen LogP contribution in [0.3, 0.4) is 0 Å². The number of hydrogen-bond donors (Lipinski definition) is 3. The first-order chi connectivity index (χ1) is 10.1. The molecule has 0 saturated heterocycles. The van der Waals surface area contributed by atoms with Crippen molar-refractivity contribution in [3.63, 3.8) is 0 Å². The number of nitriles is 1. The number of nitro benzene ring substituents is 1. The number of anilines is 1. The van der Waals surface area contributed by atoms with Crippen LogP contribution in [0.4, 0.5) is 24.5 Å². The fourth-order valence-electron chi connectivity index (χ4n) is 1.50. The van der Waals surface area contributed by atoms with Crippen LogP contribution < -0.4 is 11.2 Å². The number of hydrogen-bond acceptors (Lipinski definition) is 6. The van der Waals surface area contributed by atoms with Crippen LogP contribution in [0.25, 0.3) is 0 Å². The highest BCUT2D eigenvalue weighted by atomic mass is 19.4. The van der Waals surface area contributed by atoms with Crippen LogP contribution in [0.2, 0.25) is 0 Å². The molecule has 11 heteroatoms. The van der Waals surface area contributed by atoms with E-state index in [1.165, 1.54) is 6.07 Å². The first-order valence-electron chi connectivity index (χ1n) is 5.52. The highest BCUT2D eigenvalue weighted by Crippen LogP contribution is 2.37. The van der Waals surface area contributed by atoms with Gasteiger partial charge in [-0.1, -0.05) is 0 Å². The van der Waals surface area contributed by atoms with Crippen molar-refractivity contribution in [3.05, 3.63) is 33.4 Å². The van der Waals surface area contributed by atoms with Gasteiger partial charge in [0.2, 0.25) is 5.71 Å². The molecule has 4 N–H and O–H groups in total. The number of nitrogens with zero attached hydrogens (tertiary/aromatic N) is 3. The van der Waals surface area contributed by atoms with Crippen LogP contribution in [0.1, 0.15) is 11.1 Å². The van der Waals surface area contributed by atoms with Gasteiger partial charge in [-0.15, -0.1) is 0 Å². The van der Waals surface area contributed by atoms with E-state index < -0.39 is 33.9 Å². The normalized spacial score (nSPS) is 11.7. The van der Waals surface area contributed by atoms with Crippen LogP contribution in [-0.2, 0) is 6.18 Å². The molecule has 0 aromatic heterocycles. The molecule has 0 bridgehead atoms. The Hall–Kier alpha value is -3.16. The van der Waals surface area contributed by atoms with Crippen molar-refractivity contribution in [1.82, 2.24) is 0 Å². The number of alkyl halides is 3. The summed E-state index contributed by atoms with van der Waals surface area (Å²) in [5.41, 5.74) is 3.90. The quantitative estimate of drug-likeness (QED) is 0.338. The molecule has 8 nitrogen and oxygen atoms in total. The number of hydrazone groups is 1. The third-order valence-corrected chi connectivity index (χ3v) is 2.49. The first-order valence-corrected chi connectivity index (χ1v) is 5.52. The first kappa shape index (κ1) is 16.9. The summed E-state index contributed by atoms with van der Waals surface area (Å²) in [6, 6.07) is 2.70. The molecule has 1 rings (SSSR count). The van der Waals surface area contributed by atoms with Gasteiger partial charge in [0.1, 0.15) is 11.8 Å². The van der Waals surface area contributed by atoms with E-state index in [0.717, 1.165) is 13.0 Å². The van der Waals surface area contributed by atoms with E-state index in [1.807, 2.05) is 0 Å². The van der Waals surface area contributed by atoms with Gasteiger partial charge in [-0.05, 0) is 18.6 Å². The number of nitrogens with one attached hydrogen (secondary N) is 2. The third kappa shape index (κ3) is 3.69. The van der Waals surface area contributed by atoms with Gasteiger partial charge in [0, 0.05) is 6.07 Å². The molecular weight excluding hydrogens is 305 g/mol. The van der Waals surface area contributed by atoms with Crippen LogP contribution >= 0.6 is 0 Å². The average Bonchev–Trinajstić information content (AvgIpc) is 2.37. The van der Waals surface area contributed by atoms with Crippen LogP contribution in [0, 0.1) is 33.8 Å². The number of amidine groups is 1. The fraction of sp³-hybridized carbons (Fsp3) is 0.182. The monoisotopic (exact) mass is 314 g/mol. The molecule has 0 radical (unpaired) electrons. The van der Waals surface area contributed by atoms with Gasteiger partial charge < -0.3 is 5.73 Å². The lowest BCUT2D eigenvalue weighted by Crippen LogP contribution is -2.22. The lowest BCUT2D eigenvalue weighted by atomic mass is 10.1. The Morgan fingerprint density at radius 2 is 2.14 bits per heavy atom. The maximum atomic E-state index is 12.7. The average molecular weight is 314 g/mol. The highest BCUT2D eigenvalue weighted by molar-refractivity contribution is 6.45. The van der Waals surface area contributed by atoms with Gasteiger partial charge >= 0.3 is 6.18 Å². The Morgan fingerprint density at radius 3 is 2.55 bits per heavy atom. The van der Waals surface area contributed by atoms with Crippen molar-refractivity contribution in [3.8, 4) is 6.07 Å². The Balaban J connectivity index is 3.38. The second-order valence-electron chi connectivity index (χ2n) is 4.04. The molecule has 0 heterocycles. The standard InChI is InChI=1S/C11H9F3N6O2/c1-5-2-7(18-19-8(4-15)10(16)17)9(20(21)22)3-6(5)11(12,13)14/h2-3,18H,1H3,(H3,16,17)/b19-8+. The van der Waals surface area contributed by atoms with E-state index in [1.54, 1.807) is 0 Å². The zero-order chi connectivity index (χ0) is 17.1. The maximum absolute atomic E-state index is 12.7. The summed E-state index contributed by atoms with van der Waals surface area (Å²) in [5, 5.41) is 29.9. The minimum Gasteiger partial charge on any atom is -0.382 e. The van der Waals surface area contributed by atoms with Gasteiger partial charge in [-0.25, -0.2) is 0 Å². The minimum atomic E-state index is -4.74. The number of rotatable bonds is 4. The van der Waals surface area contributed by atoms with E-state index in [0.29, 0.717) is 6.07 Å². The van der Waals surface area contributed by atoms with Crippen molar-refractivity contribution < 1.29 is 18.1 Å². The van der Waals surface area contributed by atoms with Crippen molar-refractivity contribution in [2.24, 2.45) is 10.8 Å². The van der Waals surface area contributed by atoms with Gasteiger partial charge in [-0.3, -0.25) is 20.9 Å². The third-order valence-electron chi connectivity index (χ3n) is 2.49. The van der Waals surface area contributed by atoms with E-state index in [-0.39, 0.29) is 11.3 Å². The smallest absolute Gasteiger partial charge is 0.382 e. The molecule has 22 heavy (non-hydrogen) atoms. The summed E-state index contributed by atoms with van der Waals surface area (Å²) >= 11 is 0. The van der Waals surface area contributed by atoms with E-state index in [2.05, 4.69) is 10.5 Å². The maximum Gasteiger partial charge on any atom is 0.416 e. The number of nitro groups is 1. The number of benzene rings is 1. The topological polar surface area (TPSA) is 141 Å². The van der Waals surface area contributed by atoms with Gasteiger partial charge in [0.25, 0.3) is 5.69 Å². The SMILES string of the molecule is Cc1cc(N/N=C(\C#N)C(=N)N)c([N+](=O)[O-])cc1C(F)(F)F. The molecule has 1 aromatic carbocycles. The predicted molar refractivity (Wildman–Crippen MR) is 71.4 cm³/mol. The molecule has 0 fully saturated rings. The summed E-state index contributed by atoms with van der Waals surface area (Å²) in [5.74, 6) is -0.693. The molecule has 0 aliphatic rings. The molecule has 116 valence electrons. The fourth-order valence-corrected chi connectivity index (χ4v) is 1.50. The summed E-state index contributed by atoms with van der Waals surface area (Å²) in [6.07, 6.45) is -4.74. The molecule has 0 atom stereocenters. The highest BCUT2D eigenvalue weighted by Gasteiger charge is 2.35. The lowest BCUT2D eigenvalue weighted by Gasteiger charge is -2.12. The van der Waals surface area contributed by atoms with Crippen molar-refractivity contribution in [2.45, 2.75) is 13.1 Å². The largest absolute Gasteiger partial charge is 0.416 e. The molecule has 0 amide bonds. The summed E-state index contributed by atoms with van der Waals surface area (Å²) in [4.78, 5) is 9.86. The van der Waals surface area contributed by atoms with Crippen molar-refractivity contribution >= 4 is 22.9 Å². The summed E-state index contributed by atoms with van der Waals surface area (Å²) < 4.78 is 38.2. The number of nitrogens with two attached hydrogens (primary N) is 1. The second kappa shape index (κ2) is 6.08. The molecule has 0 unspecified atom stereocenters. The second-order valence-corrected chi connectivity index (χ2v) is 4.04. The van der Waals surface area contributed by atoms with Crippen LogP contribution in [0.15, 0.2) is 17.2 Å². The Labute approximate surface area is 121 Å². The summed E-state index contributed by atoms with van der Waals surface area (Å²) in [6.45, 7) is 1.12. The molecule has 1 aromatic rings. The van der Waals surface area contributed by atoms with E-state index >= 15 is 0 Å². The van der Waals surface area contributed by atoms with Gasteiger partial charge in [0.05, 0.1) is 10.5 Å². The number of aryl methyl sites for hydroxylation is 1. The van der Waals surface area contributed by atoms with Crippen LogP contribution in [-0.4, -0.2) is 16.5 Å². The molecule has 0 saturated carbocycles. The Morgan fingerprint density at radius 1 is 1.55 bits per heavy atom. The molecule has 0 aliphatic heterocycles. The molecular formula is C11H9F3N6O2. The van der Waals surface area contributed by atoms with Gasteiger partial charge in [0.15, 0.2) is 5.84 Å². The van der Waals surface area contributed by atoms with Crippen molar-refractivity contribution in [2.75, 3.05) is 5.43 Å². The molecule has 0 spiro atoms. The number of halogens is 3. The van der Waals surface area contributed by atoms with E-state index in [4.69, 9.17) is 16.4 Å². The Kier molecular flexibility index (Phi) is 4.67. The minimum absolute atomic E-state index is 0.267. The molecule has 0 aliphatic carbocycles. The van der Waals surface area contributed by atoms with Crippen LogP contribution in [0.5, 0.6) is 0 Å². The zero-order valence-corrected chi connectivity index (χ0v) is 11.0.